The lowest BCUT2D eigenvalue weighted by Crippen LogP contribution is -2.63. The third-order valence-electron chi connectivity index (χ3n) is 6.84. The smallest absolute Gasteiger partial charge is 0.328 e. The molecule has 0 radical (unpaired) electrons. The van der Waals surface area contributed by atoms with E-state index in [1.807, 2.05) is 0 Å². The summed E-state index contributed by atoms with van der Waals surface area (Å²) in [6, 6.07) is 11.3. The van der Waals surface area contributed by atoms with Crippen LogP contribution >= 0.6 is 0 Å². The van der Waals surface area contributed by atoms with Crippen molar-refractivity contribution in [2.45, 2.75) is 50.1 Å². The Morgan fingerprint density at radius 2 is 1.12 bits per heavy atom. The van der Waals surface area contributed by atoms with Crippen LogP contribution < -0.4 is 0 Å². The summed E-state index contributed by atoms with van der Waals surface area (Å²) < 4.78 is 50.8. The number of hydrogen-bond acceptors (Lipinski definition) is 6. The Morgan fingerprint density at radius 3 is 1.52 bits per heavy atom. The van der Waals surface area contributed by atoms with E-state index >= 15 is 0 Å². The Balaban J connectivity index is 1.73. The highest BCUT2D eigenvalue weighted by atomic mass is 19.1. The van der Waals surface area contributed by atoms with Crippen molar-refractivity contribution in [3.05, 3.63) is 71.3 Å². The fourth-order valence-corrected chi connectivity index (χ4v) is 5.44. The Morgan fingerprint density at radius 1 is 0.727 bits per heavy atom. The molecule has 2 saturated heterocycles. The van der Waals surface area contributed by atoms with Gasteiger partial charge in [-0.2, -0.15) is 0 Å². The zero-order chi connectivity index (χ0) is 23.4. The summed E-state index contributed by atoms with van der Waals surface area (Å²) in [5.41, 5.74) is -0.684. The van der Waals surface area contributed by atoms with Crippen molar-refractivity contribution in [2.75, 3.05) is 13.2 Å². The minimum absolute atomic E-state index is 0.168. The van der Waals surface area contributed by atoms with Gasteiger partial charge in [0, 0.05) is 38.5 Å². The van der Waals surface area contributed by atoms with Crippen molar-refractivity contribution in [2.24, 2.45) is 5.41 Å². The number of rotatable bonds is 2. The minimum Gasteiger partial charge on any atom is -0.422 e. The fraction of sp³-hybridized carbons (Fsp3) is 0.440. The normalized spacial score (nSPS) is 27.4. The molecule has 174 valence electrons. The monoisotopic (exact) mass is 458 g/mol. The maximum atomic E-state index is 13.7. The van der Waals surface area contributed by atoms with E-state index < -0.39 is 52.4 Å². The van der Waals surface area contributed by atoms with E-state index in [1.54, 1.807) is 0 Å². The number of halogens is 2. The van der Waals surface area contributed by atoms with Gasteiger partial charge in [-0.15, -0.1) is 0 Å². The molecular weight excluding hydrogens is 434 g/mol. The predicted octanol–water partition coefficient (Wildman–Crippen LogP) is 4.19. The molecule has 8 heteroatoms. The van der Waals surface area contributed by atoms with Gasteiger partial charge in [-0.1, -0.05) is 24.3 Å². The summed E-state index contributed by atoms with van der Waals surface area (Å²) in [6.45, 7) is 3.70. The Hall–Kier alpha value is -2.84. The molecule has 0 amide bonds. The lowest BCUT2D eigenvalue weighted by Gasteiger charge is -2.53. The van der Waals surface area contributed by atoms with Crippen molar-refractivity contribution in [1.82, 2.24) is 0 Å². The van der Waals surface area contributed by atoms with Gasteiger partial charge in [0.05, 0.1) is 13.2 Å². The van der Waals surface area contributed by atoms with Crippen LogP contribution in [0, 0.1) is 17.0 Å². The van der Waals surface area contributed by atoms with Crippen LogP contribution in [0.15, 0.2) is 48.5 Å². The second-order valence-electron chi connectivity index (χ2n) is 9.27. The molecule has 1 saturated carbocycles. The molecule has 2 spiro atoms. The molecule has 2 aromatic carbocycles. The van der Waals surface area contributed by atoms with Crippen LogP contribution in [0.4, 0.5) is 8.78 Å². The number of carbonyl (C=O) groups excluding carboxylic acids is 2. The highest BCUT2D eigenvalue weighted by molar-refractivity contribution is 6.04. The summed E-state index contributed by atoms with van der Waals surface area (Å²) in [5, 5.41) is 0. The topological polar surface area (TPSA) is 71.1 Å². The van der Waals surface area contributed by atoms with Crippen LogP contribution in [0.5, 0.6) is 0 Å². The van der Waals surface area contributed by atoms with E-state index in [0.717, 1.165) is 0 Å². The van der Waals surface area contributed by atoms with Gasteiger partial charge in [0.15, 0.2) is 11.2 Å². The second kappa shape index (κ2) is 7.60. The number of hydrogen-bond donors (Lipinski definition) is 0. The molecule has 0 bridgehead atoms. The molecule has 0 unspecified atom stereocenters. The first-order valence-corrected chi connectivity index (χ1v) is 10.9. The lowest BCUT2D eigenvalue weighted by atomic mass is 9.54. The number of ether oxygens (including phenoxy) is 4. The van der Waals surface area contributed by atoms with Crippen LogP contribution in [-0.2, 0) is 28.5 Å². The first kappa shape index (κ1) is 22.0. The molecular formula is C25H24F2O6. The van der Waals surface area contributed by atoms with Crippen LogP contribution in [0.25, 0.3) is 0 Å². The van der Waals surface area contributed by atoms with Crippen LogP contribution in [0.1, 0.15) is 49.7 Å². The van der Waals surface area contributed by atoms with E-state index in [0.29, 0.717) is 24.3 Å². The summed E-state index contributed by atoms with van der Waals surface area (Å²) in [4.78, 5) is 27.5. The molecule has 6 nitrogen and oxygen atoms in total. The summed E-state index contributed by atoms with van der Waals surface area (Å²) in [5.74, 6) is -6.45. The number of esters is 2. The van der Waals surface area contributed by atoms with Gasteiger partial charge >= 0.3 is 11.9 Å². The molecule has 2 aliphatic heterocycles. The maximum Gasteiger partial charge on any atom is 0.328 e. The third-order valence-corrected chi connectivity index (χ3v) is 6.84. The highest BCUT2D eigenvalue weighted by Gasteiger charge is 2.70. The number of carbonyl (C=O) groups is 2. The van der Waals surface area contributed by atoms with E-state index in [4.69, 9.17) is 18.9 Å². The van der Waals surface area contributed by atoms with Crippen molar-refractivity contribution in [3.8, 4) is 0 Å². The van der Waals surface area contributed by atoms with Gasteiger partial charge in [0.25, 0.3) is 5.79 Å². The Bertz CT molecular complexity index is 994. The maximum absolute atomic E-state index is 13.7. The van der Waals surface area contributed by atoms with Gasteiger partial charge in [-0.3, -0.25) is 9.59 Å². The fourth-order valence-electron chi connectivity index (χ4n) is 5.44. The standard InChI is InChI=1S/C25H24F2O6/c1-23(2)32-21(28)25(22(29)33-23)19(15-3-7-17(26)8-4-15)13-24(30-11-12-31-24)14-20(25)16-5-9-18(27)10-6-16/h3-10,19-20H,11-14H2,1-2H3/t19-,20+. The van der Waals surface area contributed by atoms with E-state index in [1.165, 1.54) is 62.4 Å². The quantitative estimate of drug-likeness (QED) is 0.497. The molecule has 2 atom stereocenters. The second-order valence-corrected chi connectivity index (χ2v) is 9.27. The number of cyclic esters (lactones) is 2. The van der Waals surface area contributed by atoms with Gasteiger partial charge < -0.3 is 18.9 Å². The summed E-state index contributed by atoms with van der Waals surface area (Å²) >= 11 is 0. The van der Waals surface area contributed by atoms with Gasteiger partial charge in [0.2, 0.25) is 0 Å². The Kier molecular flexibility index (Phi) is 5.06. The van der Waals surface area contributed by atoms with Crippen molar-refractivity contribution >= 4 is 11.9 Å². The van der Waals surface area contributed by atoms with Crippen molar-refractivity contribution in [1.29, 1.82) is 0 Å². The average Bonchev–Trinajstić information content (AvgIpc) is 3.20. The van der Waals surface area contributed by atoms with E-state index in [9.17, 15) is 18.4 Å². The SMILES string of the molecule is CC1(C)OC(=O)C2(C(=O)O1)[C@@H](c1ccc(F)cc1)CC1(C[C@H]2c2ccc(F)cc2)OCCO1. The molecule has 33 heavy (non-hydrogen) atoms. The first-order valence-electron chi connectivity index (χ1n) is 10.9. The summed E-state index contributed by atoms with van der Waals surface area (Å²) in [7, 11) is 0. The van der Waals surface area contributed by atoms with Gasteiger partial charge in [0.1, 0.15) is 11.6 Å². The van der Waals surface area contributed by atoms with Crippen molar-refractivity contribution in [3.63, 3.8) is 0 Å². The van der Waals surface area contributed by atoms with Crippen LogP contribution in [0.2, 0.25) is 0 Å². The molecule has 2 aromatic rings. The molecule has 2 heterocycles. The van der Waals surface area contributed by atoms with Gasteiger partial charge in [-0.05, 0) is 35.4 Å². The molecule has 0 N–H and O–H groups in total. The van der Waals surface area contributed by atoms with Crippen molar-refractivity contribution < 1.29 is 37.3 Å². The highest BCUT2D eigenvalue weighted by Crippen LogP contribution is 2.62. The largest absolute Gasteiger partial charge is 0.422 e. The van der Waals surface area contributed by atoms with Crippen LogP contribution in [0.3, 0.4) is 0 Å². The molecule has 5 rings (SSSR count). The molecule has 3 fully saturated rings. The molecule has 3 aliphatic rings. The predicted molar refractivity (Wildman–Crippen MR) is 111 cm³/mol. The first-order chi connectivity index (χ1) is 15.7. The average molecular weight is 458 g/mol. The lowest BCUT2D eigenvalue weighted by molar-refractivity contribution is -0.268. The number of benzene rings is 2. The molecule has 0 aromatic heterocycles. The minimum atomic E-state index is -1.79. The van der Waals surface area contributed by atoms with Gasteiger partial charge in [-0.25, -0.2) is 8.78 Å². The van der Waals surface area contributed by atoms with Crippen LogP contribution in [-0.4, -0.2) is 36.7 Å². The van der Waals surface area contributed by atoms with E-state index in [2.05, 4.69) is 0 Å². The van der Waals surface area contributed by atoms with E-state index in [-0.39, 0.29) is 12.8 Å². The third kappa shape index (κ3) is 3.52. The Labute approximate surface area is 189 Å². The zero-order valence-corrected chi connectivity index (χ0v) is 18.3. The zero-order valence-electron chi connectivity index (χ0n) is 18.3. The summed E-state index contributed by atoms with van der Waals surface area (Å²) in [6.07, 6.45) is 0.335. The molecule has 1 aliphatic carbocycles.